The predicted molar refractivity (Wildman–Crippen MR) is 69.0 cm³/mol. The number of benzene rings is 1. The molecular formula is C13H10N2O4. The van der Waals surface area contributed by atoms with Crippen LogP contribution < -0.4 is 5.73 Å². The number of nitro groups is 1. The molecule has 1 aromatic carbocycles. The van der Waals surface area contributed by atoms with Crippen LogP contribution in [0, 0.1) is 10.1 Å². The maximum atomic E-state index is 10.9. The van der Waals surface area contributed by atoms with E-state index in [-0.39, 0.29) is 5.69 Å². The quantitative estimate of drug-likeness (QED) is 0.516. The number of nitrogens with two attached hydrogens (primary N) is 1. The molecule has 0 aliphatic carbocycles. The summed E-state index contributed by atoms with van der Waals surface area (Å²) in [6.45, 7) is 0. The number of hydrogen-bond acceptors (Lipinski definition) is 4. The first-order valence-corrected chi connectivity index (χ1v) is 5.39. The number of carbonyl (C=O) groups is 1. The number of primary amides is 1. The Morgan fingerprint density at radius 3 is 2.68 bits per heavy atom. The van der Waals surface area contributed by atoms with Crippen LogP contribution >= 0.6 is 0 Å². The van der Waals surface area contributed by atoms with Crippen molar-refractivity contribution in [2.75, 3.05) is 0 Å². The van der Waals surface area contributed by atoms with Gasteiger partial charge in [-0.15, -0.1) is 0 Å². The molecule has 2 N–H and O–H groups in total. The third-order valence-electron chi connectivity index (χ3n) is 2.40. The SMILES string of the molecule is NC(=O)/C=C\c1ccc(-c2ccccc2[N+](=O)[O-])o1. The number of carbonyl (C=O) groups excluding carboxylic acids is 1. The minimum Gasteiger partial charge on any atom is -0.456 e. The third kappa shape index (κ3) is 2.86. The second-order valence-corrected chi connectivity index (χ2v) is 3.71. The van der Waals surface area contributed by atoms with Gasteiger partial charge in [0.25, 0.3) is 5.69 Å². The summed E-state index contributed by atoms with van der Waals surface area (Å²) < 4.78 is 5.41. The van der Waals surface area contributed by atoms with Crippen LogP contribution in [0.2, 0.25) is 0 Å². The van der Waals surface area contributed by atoms with E-state index in [1.807, 2.05) is 0 Å². The Hall–Kier alpha value is -2.89. The third-order valence-corrected chi connectivity index (χ3v) is 2.40. The van der Waals surface area contributed by atoms with Crippen molar-refractivity contribution >= 4 is 17.7 Å². The van der Waals surface area contributed by atoms with E-state index in [0.717, 1.165) is 6.08 Å². The first-order valence-electron chi connectivity index (χ1n) is 5.39. The van der Waals surface area contributed by atoms with Crippen LogP contribution in [0.25, 0.3) is 17.4 Å². The van der Waals surface area contributed by atoms with E-state index < -0.39 is 10.8 Å². The Labute approximate surface area is 108 Å². The highest BCUT2D eigenvalue weighted by molar-refractivity contribution is 5.90. The van der Waals surface area contributed by atoms with Gasteiger partial charge in [-0.2, -0.15) is 0 Å². The average molecular weight is 258 g/mol. The van der Waals surface area contributed by atoms with Crippen LogP contribution in [0.4, 0.5) is 5.69 Å². The van der Waals surface area contributed by atoms with E-state index in [9.17, 15) is 14.9 Å². The number of amides is 1. The first kappa shape index (κ1) is 12.6. The smallest absolute Gasteiger partial charge is 0.280 e. The predicted octanol–water partition coefficient (Wildman–Crippen LogP) is 2.35. The number of nitro benzene ring substituents is 1. The van der Waals surface area contributed by atoms with Crippen LogP contribution in [-0.2, 0) is 4.79 Å². The molecule has 6 heteroatoms. The van der Waals surface area contributed by atoms with Crippen molar-refractivity contribution in [1.29, 1.82) is 0 Å². The molecule has 0 radical (unpaired) electrons. The molecule has 1 amide bonds. The summed E-state index contributed by atoms with van der Waals surface area (Å²) in [4.78, 5) is 21.0. The molecule has 2 rings (SSSR count). The lowest BCUT2D eigenvalue weighted by atomic mass is 10.1. The molecule has 0 unspecified atom stereocenters. The maximum Gasteiger partial charge on any atom is 0.280 e. The van der Waals surface area contributed by atoms with E-state index in [2.05, 4.69) is 0 Å². The van der Waals surface area contributed by atoms with Crippen molar-refractivity contribution in [3.63, 3.8) is 0 Å². The highest BCUT2D eigenvalue weighted by Crippen LogP contribution is 2.30. The molecular weight excluding hydrogens is 248 g/mol. The molecule has 0 fully saturated rings. The van der Waals surface area contributed by atoms with E-state index in [4.69, 9.17) is 10.2 Å². The van der Waals surface area contributed by atoms with Crippen molar-refractivity contribution in [2.24, 2.45) is 5.73 Å². The molecule has 6 nitrogen and oxygen atoms in total. The highest BCUT2D eigenvalue weighted by atomic mass is 16.6. The Balaban J connectivity index is 2.38. The van der Waals surface area contributed by atoms with E-state index in [1.165, 1.54) is 12.1 Å². The summed E-state index contributed by atoms with van der Waals surface area (Å²) in [6.07, 6.45) is 2.56. The Morgan fingerprint density at radius 2 is 2.00 bits per heavy atom. The number of nitrogens with zero attached hydrogens (tertiary/aromatic N) is 1. The van der Waals surface area contributed by atoms with Gasteiger partial charge in [-0.1, -0.05) is 12.1 Å². The van der Waals surface area contributed by atoms with Gasteiger partial charge in [-0.05, 0) is 24.3 Å². The zero-order valence-electron chi connectivity index (χ0n) is 9.78. The number of furan rings is 1. The second kappa shape index (κ2) is 5.18. The Bertz CT molecular complexity index is 658. The van der Waals surface area contributed by atoms with Gasteiger partial charge in [-0.25, -0.2) is 0 Å². The van der Waals surface area contributed by atoms with Gasteiger partial charge in [0.05, 0.1) is 10.5 Å². The van der Waals surface area contributed by atoms with Crippen LogP contribution in [0.3, 0.4) is 0 Å². The summed E-state index contributed by atoms with van der Waals surface area (Å²) in [5.74, 6) is 0.159. The van der Waals surface area contributed by atoms with Crippen molar-refractivity contribution in [3.05, 3.63) is 58.3 Å². The van der Waals surface area contributed by atoms with E-state index in [1.54, 1.807) is 30.3 Å². The summed E-state index contributed by atoms with van der Waals surface area (Å²) >= 11 is 0. The van der Waals surface area contributed by atoms with Gasteiger partial charge in [0.15, 0.2) is 0 Å². The monoisotopic (exact) mass is 258 g/mol. The zero-order chi connectivity index (χ0) is 13.8. The molecule has 0 saturated heterocycles. The summed E-state index contributed by atoms with van der Waals surface area (Å²) in [6, 6.07) is 9.46. The van der Waals surface area contributed by atoms with E-state index in [0.29, 0.717) is 17.1 Å². The van der Waals surface area contributed by atoms with E-state index >= 15 is 0 Å². The summed E-state index contributed by atoms with van der Waals surface area (Å²) in [7, 11) is 0. The summed E-state index contributed by atoms with van der Waals surface area (Å²) in [5, 5.41) is 10.9. The fourth-order valence-corrected chi connectivity index (χ4v) is 1.59. The van der Waals surface area contributed by atoms with Gasteiger partial charge in [-0.3, -0.25) is 14.9 Å². The normalized spacial score (nSPS) is 10.7. The molecule has 0 aliphatic heterocycles. The lowest BCUT2D eigenvalue weighted by Crippen LogP contribution is -2.04. The number of rotatable bonds is 4. The molecule has 2 aromatic rings. The maximum absolute atomic E-state index is 10.9. The van der Waals surface area contributed by atoms with Gasteiger partial charge >= 0.3 is 0 Å². The van der Waals surface area contributed by atoms with Crippen LogP contribution in [0.5, 0.6) is 0 Å². The minimum atomic E-state index is -0.594. The van der Waals surface area contributed by atoms with Gasteiger partial charge in [0, 0.05) is 12.1 Å². The lowest BCUT2D eigenvalue weighted by Gasteiger charge is -1.98. The number of para-hydroxylation sites is 1. The first-order chi connectivity index (χ1) is 9.08. The molecule has 96 valence electrons. The van der Waals surface area contributed by atoms with Gasteiger partial charge in [0.1, 0.15) is 11.5 Å². The Morgan fingerprint density at radius 1 is 1.26 bits per heavy atom. The largest absolute Gasteiger partial charge is 0.456 e. The van der Waals surface area contributed by atoms with Gasteiger partial charge in [0.2, 0.25) is 5.91 Å². The fourth-order valence-electron chi connectivity index (χ4n) is 1.59. The fraction of sp³-hybridized carbons (Fsp3) is 0. The van der Waals surface area contributed by atoms with Crippen LogP contribution in [-0.4, -0.2) is 10.8 Å². The van der Waals surface area contributed by atoms with Gasteiger partial charge < -0.3 is 10.2 Å². The molecule has 0 aliphatic rings. The molecule has 0 spiro atoms. The topological polar surface area (TPSA) is 99.4 Å². The van der Waals surface area contributed by atoms with Crippen molar-refractivity contribution < 1.29 is 14.1 Å². The molecule has 1 heterocycles. The lowest BCUT2D eigenvalue weighted by molar-refractivity contribution is -0.384. The molecule has 1 aromatic heterocycles. The highest BCUT2D eigenvalue weighted by Gasteiger charge is 2.16. The van der Waals surface area contributed by atoms with Crippen molar-refractivity contribution in [2.45, 2.75) is 0 Å². The molecule has 0 atom stereocenters. The zero-order valence-corrected chi connectivity index (χ0v) is 9.78. The number of hydrogen-bond donors (Lipinski definition) is 1. The Kier molecular flexibility index (Phi) is 3.42. The molecule has 19 heavy (non-hydrogen) atoms. The van der Waals surface area contributed by atoms with Crippen LogP contribution in [0.15, 0.2) is 46.9 Å². The summed E-state index contributed by atoms with van der Waals surface area (Å²) in [5.41, 5.74) is 5.31. The van der Waals surface area contributed by atoms with Crippen molar-refractivity contribution in [1.82, 2.24) is 0 Å². The molecule has 0 saturated carbocycles. The molecule has 0 bridgehead atoms. The minimum absolute atomic E-state index is 0.0396. The second-order valence-electron chi connectivity index (χ2n) is 3.71. The average Bonchev–Trinajstić information content (AvgIpc) is 2.85. The van der Waals surface area contributed by atoms with Crippen molar-refractivity contribution in [3.8, 4) is 11.3 Å². The van der Waals surface area contributed by atoms with Crippen LogP contribution in [0.1, 0.15) is 5.76 Å². The standard InChI is InChI=1S/C13H10N2O4/c14-13(16)8-6-9-5-7-12(19-9)10-3-1-2-4-11(10)15(17)18/h1-8H,(H2,14,16)/b8-6-.